The van der Waals surface area contributed by atoms with E-state index < -0.39 is 0 Å². The smallest absolute Gasteiger partial charge is 0.234 e. The Balaban J connectivity index is 1.81. The van der Waals surface area contributed by atoms with Gasteiger partial charge in [-0.2, -0.15) is 4.98 Å². The van der Waals surface area contributed by atoms with Crippen LogP contribution in [0.1, 0.15) is 24.9 Å². The second kappa shape index (κ2) is 7.27. The third kappa shape index (κ3) is 3.46. The molecule has 2 N–H and O–H groups in total. The van der Waals surface area contributed by atoms with Crippen LogP contribution in [0, 0.1) is 0 Å². The van der Waals surface area contributed by atoms with E-state index in [1.54, 1.807) is 18.0 Å². The summed E-state index contributed by atoms with van der Waals surface area (Å²) in [6.07, 6.45) is 3.92. The summed E-state index contributed by atoms with van der Waals surface area (Å²) in [7, 11) is 0. The number of aliphatic hydroxyl groups excluding tert-OH is 1. The number of fused-ring (bicyclic) bond motifs is 1. The Morgan fingerprint density at radius 1 is 1.42 bits per heavy atom. The molecule has 1 atom stereocenters. The first-order chi connectivity index (χ1) is 11.7. The van der Waals surface area contributed by atoms with E-state index in [4.69, 9.17) is 9.84 Å². The van der Waals surface area contributed by atoms with Gasteiger partial charge in [-0.15, -0.1) is 0 Å². The van der Waals surface area contributed by atoms with Crippen molar-refractivity contribution in [3.05, 3.63) is 42.2 Å². The van der Waals surface area contributed by atoms with Crippen LogP contribution in [-0.2, 0) is 4.79 Å². The van der Waals surface area contributed by atoms with Crippen molar-refractivity contribution >= 4 is 17.4 Å². The van der Waals surface area contributed by atoms with Gasteiger partial charge in [0.2, 0.25) is 11.8 Å². The average Bonchev–Trinajstić information content (AvgIpc) is 2.60. The van der Waals surface area contributed by atoms with Crippen LogP contribution < -0.4 is 15.0 Å². The molecule has 1 aliphatic rings. The highest BCUT2D eigenvalue weighted by atomic mass is 16.5. The van der Waals surface area contributed by atoms with E-state index in [0.29, 0.717) is 18.2 Å². The zero-order valence-corrected chi connectivity index (χ0v) is 13.5. The molecule has 1 aliphatic heterocycles. The van der Waals surface area contributed by atoms with Gasteiger partial charge < -0.3 is 20.1 Å². The fourth-order valence-corrected chi connectivity index (χ4v) is 2.86. The number of nitrogens with one attached hydrogen (secondary N) is 1. The molecule has 126 valence electrons. The van der Waals surface area contributed by atoms with Gasteiger partial charge in [0.05, 0.1) is 25.0 Å². The topological polar surface area (TPSA) is 87.6 Å². The van der Waals surface area contributed by atoms with Gasteiger partial charge in [0.15, 0.2) is 0 Å². The summed E-state index contributed by atoms with van der Waals surface area (Å²) in [4.78, 5) is 22.1. The van der Waals surface area contributed by atoms with Crippen LogP contribution in [0.3, 0.4) is 0 Å². The first-order valence-electron chi connectivity index (χ1n) is 7.88. The monoisotopic (exact) mass is 328 g/mol. The maximum Gasteiger partial charge on any atom is 0.234 e. The maximum absolute atomic E-state index is 11.8. The Morgan fingerprint density at radius 3 is 3.04 bits per heavy atom. The number of aromatic nitrogens is 2. The van der Waals surface area contributed by atoms with E-state index in [1.807, 2.05) is 24.3 Å². The van der Waals surface area contributed by atoms with E-state index >= 15 is 0 Å². The molecule has 0 bridgehead atoms. The van der Waals surface area contributed by atoms with Crippen LogP contribution in [-0.4, -0.2) is 40.7 Å². The Kier molecular flexibility index (Phi) is 4.90. The van der Waals surface area contributed by atoms with Gasteiger partial charge in [0.1, 0.15) is 12.4 Å². The average molecular weight is 328 g/mol. The van der Waals surface area contributed by atoms with E-state index in [-0.39, 0.29) is 25.2 Å². The van der Waals surface area contributed by atoms with Crippen LogP contribution >= 0.6 is 0 Å². The lowest BCUT2D eigenvalue weighted by Crippen LogP contribution is -2.36. The van der Waals surface area contributed by atoms with Crippen molar-refractivity contribution in [2.75, 3.05) is 30.0 Å². The molecule has 7 nitrogen and oxygen atoms in total. The minimum absolute atomic E-state index is 0.0409. The van der Waals surface area contributed by atoms with Crippen LogP contribution in [0.4, 0.5) is 11.5 Å². The third-order valence-corrected chi connectivity index (χ3v) is 3.90. The SMILES string of the molecule is CC(=O)N1CCC(Nc2cncc(OCCO)n2)c2ccccc21. The number of carbonyl (C=O) groups excluding carboxylic acids is 1. The Hall–Kier alpha value is -2.67. The Bertz CT molecular complexity index is 722. The number of rotatable bonds is 5. The Labute approximate surface area is 140 Å². The summed E-state index contributed by atoms with van der Waals surface area (Å²) >= 11 is 0. The Morgan fingerprint density at radius 2 is 2.25 bits per heavy atom. The van der Waals surface area contributed by atoms with Crippen LogP contribution in [0.5, 0.6) is 5.88 Å². The molecule has 24 heavy (non-hydrogen) atoms. The molecular formula is C17H20N4O3. The molecule has 1 unspecified atom stereocenters. The van der Waals surface area contributed by atoms with Crippen molar-refractivity contribution < 1.29 is 14.6 Å². The van der Waals surface area contributed by atoms with Gasteiger partial charge in [0, 0.05) is 19.2 Å². The number of amides is 1. The summed E-state index contributed by atoms with van der Waals surface area (Å²) in [6, 6.07) is 7.90. The van der Waals surface area contributed by atoms with E-state index in [9.17, 15) is 4.79 Å². The molecule has 1 aromatic heterocycles. The van der Waals surface area contributed by atoms with Crippen molar-refractivity contribution in [1.29, 1.82) is 0 Å². The van der Waals surface area contributed by atoms with Crippen LogP contribution in [0.2, 0.25) is 0 Å². The summed E-state index contributed by atoms with van der Waals surface area (Å²) < 4.78 is 5.29. The van der Waals surface area contributed by atoms with Crippen LogP contribution in [0.15, 0.2) is 36.7 Å². The third-order valence-electron chi connectivity index (χ3n) is 3.90. The van der Waals surface area contributed by atoms with Crippen molar-refractivity contribution in [3.63, 3.8) is 0 Å². The van der Waals surface area contributed by atoms with E-state index in [1.165, 1.54) is 6.20 Å². The highest BCUT2D eigenvalue weighted by molar-refractivity contribution is 5.93. The number of anilines is 2. The van der Waals surface area contributed by atoms with Gasteiger partial charge >= 0.3 is 0 Å². The lowest BCUT2D eigenvalue weighted by atomic mass is 9.96. The van der Waals surface area contributed by atoms with Gasteiger partial charge in [-0.25, -0.2) is 0 Å². The molecule has 1 aromatic carbocycles. The molecule has 2 heterocycles. The van der Waals surface area contributed by atoms with Gasteiger partial charge in [0.25, 0.3) is 0 Å². The largest absolute Gasteiger partial charge is 0.474 e. The molecule has 0 radical (unpaired) electrons. The molecule has 1 amide bonds. The molecule has 0 spiro atoms. The number of carbonyl (C=O) groups is 1. The minimum Gasteiger partial charge on any atom is -0.474 e. The molecule has 7 heteroatoms. The van der Waals surface area contributed by atoms with E-state index in [2.05, 4.69) is 15.3 Å². The minimum atomic E-state index is -0.0732. The predicted octanol–water partition coefficient (Wildman–Crippen LogP) is 1.76. The summed E-state index contributed by atoms with van der Waals surface area (Å²) in [5.74, 6) is 1.00. The molecule has 0 saturated heterocycles. The zero-order valence-electron chi connectivity index (χ0n) is 13.5. The fourth-order valence-electron chi connectivity index (χ4n) is 2.86. The van der Waals surface area contributed by atoms with Crippen molar-refractivity contribution in [3.8, 4) is 5.88 Å². The second-order valence-electron chi connectivity index (χ2n) is 5.53. The fraction of sp³-hybridized carbons (Fsp3) is 0.353. The van der Waals surface area contributed by atoms with Gasteiger partial charge in [-0.1, -0.05) is 18.2 Å². The van der Waals surface area contributed by atoms with Gasteiger partial charge in [-0.05, 0) is 18.1 Å². The summed E-state index contributed by atoms with van der Waals surface area (Å²) in [6.45, 7) is 2.34. The van der Waals surface area contributed by atoms with Crippen LogP contribution in [0.25, 0.3) is 0 Å². The summed E-state index contributed by atoms with van der Waals surface area (Å²) in [5, 5.41) is 12.2. The number of para-hydroxylation sites is 1. The number of hydrogen-bond acceptors (Lipinski definition) is 6. The van der Waals surface area contributed by atoms with E-state index in [0.717, 1.165) is 17.7 Å². The predicted molar refractivity (Wildman–Crippen MR) is 90.1 cm³/mol. The molecule has 3 rings (SSSR count). The molecule has 0 fully saturated rings. The quantitative estimate of drug-likeness (QED) is 0.869. The first-order valence-corrected chi connectivity index (χ1v) is 7.88. The number of aliphatic hydroxyl groups is 1. The molecular weight excluding hydrogens is 308 g/mol. The highest BCUT2D eigenvalue weighted by Crippen LogP contribution is 2.35. The molecule has 2 aromatic rings. The van der Waals surface area contributed by atoms with Crippen molar-refractivity contribution in [2.24, 2.45) is 0 Å². The lowest BCUT2D eigenvalue weighted by Gasteiger charge is -2.34. The highest BCUT2D eigenvalue weighted by Gasteiger charge is 2.27. The zero-order chi connectivity index (χ0) is 16.9. The van der Waals surface area contributed by atoms with Crippen molar-refractivity contribution in [1.82, 2.24) is 9.97 Å². The standard InChI is InChI=1S/C17H20N4O3/c1-12(23)21-7-6-14(13-4-2-3-5-15(13)21)19-16-10-18-11-17(20-16)24-9-8-22/h2-5,10-11,14,22H,6-9H2,1H3,(H,19,20). The van der Waals surface area contributed by atoms with Gasteiger partial charge in [-0.3, -0.25) is 9.78 Å². The maximum atomic E-state index is 11.8. The number of ether oxygens (including phenoxy) is 1. The number of hydrogen-bond donors (Lipinski definition) is 2. The number of benzene rings is 1. The normalized spacial score (nSPS) is 16.4. The second-order valence-corrected chi connectivity index (χ2v) is 5.53. The summed E-state index contributed by atoms with van der Waals surface area (Å²) in [5.41, 5.74) is 1.98. The molecule has 0 saturated carbocycles. The van der Waals surface area contributed by atoms with Crippen molar-refractivity contribution in [2.45, 2.75) is 19.4 Å². The molecule has 0 aliphatic carbocycles. The lowest BCUT2D eigenvalue weighted by molar-refractivity contribution is -0.116. The first kappa shape index (κ1) is 16.2. The number of nitrogens with zero attached hydrogens (tertiary/aromatic N) is 3.